The quantitative estimate of drug-likeness (QED) is 0.807. The Morgan fingerprint density at radius 2 is 2.12 bits per heavy atom. The molecule has 5 nitrogen and oxygen atoms in total. The van der Waals surface area contributed by atoms with Crippen molar-refractivity contribution < 1.29 is 8.42 Å². The summed E-state index contributed by atoms with van der Waals surface area (Å²) in [6.45, 7) is 2.51. The van der Waals surface area contributed by atoms with Crippen LogP contribution >= 0.6 is 11.6 Å². The third kappa shape index (κ3) is 3.00. The highest BCUT2D eigenvalue weighted by Crippen LogP contribution is 2.25. The van der Waals surface area contributed by atoms with Gasteiger partial charge in [-0.15, -0.1) is 0 Å². The fourth-order valence-corrected chi connectivity index (χ4v) is 3.07. The van der Waals surface area contributed by atoms with E-state index in [9.17, 15) is 8.42 Å². The van der Waals surface area contributed by atoms with Gasteiger partial charge in [-0.3, -0.25) is 4.68 Å². The van der Waals surface area contributed by atoms with Gasteiger partial charge in [0.15, 0.2) is 9.84 Å². The van der Waals surface area contributed by atoms with Crippen molar-refractivity contribution in [2.24, 2.45) is 0 Å². The Kier molecular flexibility index (Phi) is 3.47. The number of rotatable bonds is 2. The molecule has 1 aromatic heterocycles. The molecular weight excluding hydrogens is 262 g/mol. The van der Waals surface area contributed by atoms with Gasteiger partial charge < -0.3 is 4.90 Å². The van der Waals surface area contributed by atoms with Gasteiger partial charge in [-0.25, -0.2) is 8.42 Å². The van der Waals surface area contributed by atoms with Crippen LogP contribution in [0.5, 0.6) is 0 Å². The Balaban J connectivity index is 2.36. The number of hydrogen-bond donors (Lipinski definition) is 0. The summed E-state index contributed by atoms with van der Waals surface area (Å²) < 4.78 is 24.4. The van der Waals surface area contributed by atoms with Crippen LogP contribution in [0.4, 0.5) is 0 Å². The predicted octanol–water partition coefficient (Wildman–Crippen LogP) is 0.917. The highest BCUT2D eigenvalue weighted by Gasteiger charge is 2.21. The van der Waals surface area contributed by atoms with Crippen molar-refractivity contribution in [1.82, 2.24) is 14.7 Å². The zero-order valence-corrected chi connectivity index (χ0v) is 11.6. The van der Waals surface area contributed by atoms with Crippen molar-refractivity contribution >= 4 is 21.4 Å². The standard InChI is InChI=1S/C10H16ClN3O2S/c1-13-4-3-5-14-9(6-13)10(11)8(12-14)7-17(2,15)16/h3-7H2,1-2H3. The monoisotopic (exact) mass is 277 g/mol. The molecule has 1 aliphatic rings. The molecule has 0 N–H and O–H groups in total. The lowest BCUT2D eigenvalue weighted by molar-refractivity contribution is 0.332. The molecule has 0 atom stereocenters. The Labute approximate surface area is 106 Å². The van der Waals surface area contributed by atoms with E-state index in [0.29, 0.717) is 10.7 Å². The largest absolute Gasteiger partial charge is 0.300 e. The summed E-state index contributed by atoms with van der Waals surface area (Å²) in [5, 5.41) is 4.81. The lowest BCUT2D eigenvalue weighted by atomic mass is 10.3. The first-order valence-corrected chi connectivity index (χ1v) is 7.91. The fraction of sp³-hybridized carbons (Fsp3) is 0.700. The SMILES string of the molecule is CN1CCCn2nc(CS(C)(=O)=O)c(Cl)c2C1. The number of aryl methyl sites for hydroxylation is 1. The Bertz CT molecular complexity index is 524. The maximum Gasteiger partial charge on any atom is 0.153 e. The van der Waals surface area contributed by atoms with Crippen LogP contribution in [0.25, 0.3) is 0 Å². The number of aromatic nitrogens is 2. The zero-order valence-electron chi connectivity index (χ0n) is 9.98. The van der Waals surface area contributed by atoms with Gasteiger partial charge in [-0.05, 0) is 13.5 Å². The molecule has 2 rings (SSSR count). The van der Waals surface area contributed by atoms with E-state index >= 15 is 0 Å². The maximum absolute atomic E-state index is 11.3. The summed E-state index contributed by atoms with van der Waals surface area (Å²) in [7, 11) is -1.07. The second-order valence-electron chi connectivity index (χ2n) is 4.59. The van der Waals surface area contributed by atoms with Gasteiger partial charge in [0.05, 0.1) is 22.2 Å². The van der Waals surface area contributed by atoms with E-state index in [1.165, 1.54) is 6.26 Å². The minimum atomic E-state index is -3.10. The van der Waals surface area contributed by atoms with Crippen molar-refractivity contribution in [2.45, 2.75) is 25.3 Å². The molecule has 0 amide bonds. The van der Waals surface area contributed by atoms with Crippen LogP contribution in [0.1, 0.15) is 17.8 Å². The van der Waals surface area contributed by atoms with Crippen molar-refractivity contribution in [3.05, 3.63) is 16.4 Å². The van der Waals surface area contributed by atoms with Gasteiger partial charge in [0.2, 0.25) is 0 Å². The highest BCUT2D eigenvalue weighted by atomic mass is 35.5. The molecule has 1 aromatic rings. The maximum atomic E-state index is 11.3. The number of nitrogens with zero attached hydrogens (tertiary/aromatic N) is 3. The average Bonchev–Trinajstić information content (AvgIpc) is 2.38. The zero-order chi connectivity index (χ0) is 12.6. The van der Waals surface area contributed by atoms with Crippen molar-refractivity contribution in [1.29, 1.82) is 0 Å². The van der Waals surface area contributed by atoms with E-state index in [0.717, 1.165) is 31.7 Å². The summed E-state index contributed by atoms with van der Waals surface area (Å²) in [5.74, 6) is -0.0878. The number of halogens is 1. The predicted molar refractivity (Wildman–Crippen MR) is 66.7 cm³/mol. The van der Waals surface area contributed by atoms with Gasteiger partial charge in [-0.1, -0.05) is 11.6 Å². The molecule has 7 heteroatoms. The first kappa shape index (κ1) is 12.9. The molecule has 0 saturated carbocycles. The first-order chi connectivity index (χ1) is 7.87. The Morgan fingerprint density at radius 3 is 2.76 bits per heavy atom. The molecule has 0 unspecified atom stereocenters. The lowest BCUT2D eigenvalue weighted by Gasteiger charge is -2.11. The summed E-state index contributed by atoms with van der Waals surface area (Å²) >= 11 is 6.21. The van der Waals surface area contributed by atoms with Crippen LogP contribution in [0, 0.1) is 0 Å². The third-order valence-electron chi connectivity index (χ3n) is 2.79. The van der Waals surface area contributed by atoms with Crippen LogP contribution in [0.2, 0.25) is 5.02 Å². The van der Waals surface area contributed by atoms with Crippen molar-refractivity contribution in [3.8, 4) is 0 Å². The third-order valence-corrected chi connectivity index (χ3v) is 4.02. The van der Waals surface area contributed by atoms with E-state index in [1.807, 2.05) is 11.7 Å². The normalized spacial score (nSPS) is 17.8. The number of sulfone groups is 1. The van der Waals surface area contributed by atoms with Crippen LogP contribution in [-0.4, -0.2) is 42.9 Å². The van der Waals surface area contributed by atoms with E-state index in [2.05, 4.69) is 10.00 Å². The molecule has 0 saturated heterocycles. The van der Waals surface area contributed by atoms with Gasteiger partial charge >= 0.3 is 0 Å². The van der Waals surface area contributed by atoms with Crippen LogP contribution in [0.15, 0.2) is 0 Å². The van der Waals surface area contributed by atoms with Crippen molar-refractivity contribution in [3.63, 3.8) is 0 Å². The van der Waals surface area contributed by atoms with Gasteiger partial charge in [-0.2, -0.15) is 5.10 Å². The molecule has 0 radical (unpaired) electrons. The molecule has 0 aromatic carbocycles. The lowest BCUT2D eigenvalue weighted by Crippen LogP contribution is -2.17. The minimum absolute atomic E-state index is 0.0878. The highest BCUT2D eigenvalue weighted by molar-refractivity contribution is 7.89. The first-order valence-electron chi connectivity index (χ1n) is 5.47. The second kappa shape index (κ2) is 4.59. The summed E-state index contributed by atoms with van der Waals surface area (Å²) in [4.78, 5) is 2.16. The molecule has 0 spiro atoms. The second-order valence-corrected chi connectivity index (χ2v) is 7.11. The summed E-state index contributed by atoms with van der Waals surface area (Å²) in [5.41, 5.74) is 1.39. The van der Waals surface area contributed by atoms with Gasteiger partial charge in [0.1, 0.15) is 0 Å². The van der Waals surface area contributed by atoms with Gasteiger partial charge in [0, 0.05) is 25.9 Å². The molecule has 0 aliphatic carbocycles. The van der Waals surface area contributed by atoms with Crippen LogP contribution in [-0.2, 0) is 28.7 Å². The smallest absolute Gasteiger partial charge is 0.153 e. The molecule has 17 heavy (non-hydrogen) atoms. The van der Waals surface area contributed by atoms with Crippen molar-refractivity contribution in [2.75, 3.05) is 19.8 Å². The van der Waals surface area contributed by atoms with E-state index in [4.69, 9.17) is 11.6 Å². The summed E-state index contributed by atoms with van der Waals surface area (Å²) in [6, 6.07) is 0. The van der Waals surface area contributed by atoms with Gasteiger partial charge in [0.25, 0.3) is 0 Å². The molecule has 96 valence electrons. The molecular formula is C10H16ClN3O2S. The van der Waals surface area contributed by atoms with E-state index in [-0.39, 0.29) is 5.75 Å². The number of fused-ring (bicyclic) bond motifs is 1. The Hall–Kier alpha value is -0.590. The summed E-state index contributed by atoms with van der Waals surface area (Å²) in [6.07, 6.45) is 2.19. The Morgan fingerprint density at radius 1 is 1.41 bits per heavy atom. The van der Waals surface area contributed by atoms with E-state index in [1.54, 1.807) is 0 Å². The van der Waals surface area contributed by atoms with E-state index < -0.39 is 9.84 Å². The number of hydrogen-bond acceptors (Lipinski definition) is 4. The molecule has 0 fully saturated rings. The fourth-order valence-electron chi connectivity index (χ4n) is 2.03. The van der Waals surface area contributed by atoms with Crippen LogP contribution in [0.3, 0.4) is 0 Å². The average molecular weight is 278 g/mol. The topological polar surface area (TPSA) is 55.2 Å². The van der Waals surface area contributed by atoms with Crippen LogP contribution < -0.4 is 0 Å². The molecule has 1 aliphatic heterocycles. The molecule has 2 heterocycles. The minimum Gasteiger partial charge on any atom is -0.300 e. The molecule has 0 bridgehead atoms.